The van der Waals surface area contributed by atoms with E-state index in [1.165, 1.54) is 0 Å². The first-order valence-electron chi connectivity index (χ1n) is 12.8. The second-order valence-corrected chi connectivity index (χ2v) is 10.2. The molecule has 1 N–H and O–H groups in total. The molecule has 0 aliphatic carbocycles. The van der Waals surface area contributed by atoms with Crippen LogP contribution in [0.5, 0.6) is 5.75 Å². The number of likely N-dealkylation sites (N-methyl/N-ethyl adjacent to an activating group) is 1. The molecule has 1 saturated heterocycles. The molecule has 4 heterocycles. The van der Waals surface area contributed by atoms with E-state index in [-0.39, 0.29) is 6.03 Å². The summed E-state index contributed by atoms with van der Waals surface area (Å²) < 4.78 is 6.23. The van der Waals surface area contributed by atoms with Crippen LogP contribution in [-0.2, 0) is 6.54 Å². The minimum atomic E-state index is -0.184. The van der Waals surface area contributed by atoms with Crippen LogP contribution in [0.4, 0.5) is 33.6 Å². The SMILES string of the molecule is Cc1cccc(Cl)c1N1Cc2cnc3nc2N(C/C=C\COc2cc(ccc2N2CCN(C)CC2)N3)C1=O. The molecule has 9 nitrogen and oxygen atoms in total. The van der Waals surface area contributed by atoms with Gasteiger partial charge in [-0.05, 0) is 43.8 Å². The molecule has 196 valence electrons. The predicted octanol–water partition coefficient (Wildman–Crippen LogP) is 4.83. The number of amides is 2. The van der Waals surface area contributed by atoms with Crippen LogP contribution < -0.4 is 24.8 Å². The number of aromatic nitrogens is 2. The fourth-order valence-electron chi connectivity index (χ4n) is 5.11. The van der Waals surface area contributed by atoms with Crippen LogP contribution in [0.25, 0.3) is 0 Å². The molecule has 0 radical (unpaired) electrons. The van der Waals surface area contributed by atoms with E-state index in [1.54, 1.807) is 22.1 Å². The van der Waals surface area contributed by atoms with Crippen molar-refractivity contribution in [3.05, 3.63) is 70.9 Å². The highest BCUT2D eigenvalue weighted by Gasteiger charge is 2.34. The summed E-state index contributed by atoms with van der Waals surface area (Å²) >= 11 is 6.54. The fourth-order valence-corrected chi connectivity index (χ4v) is 5.44. The molecule has 2 aromatic carbocycles. The summed E-state index contributed by atoms with van der Waals surface area (Å²) in [5.41, 5.74) is 4.38. The first kappa shape index (κ1) is 24.5. The van der Waals surface area contributed by atoms with Crippen LogP contribution >= 0.6 is 11.6 Å². The van der Waals surface area contributed by atoms with Gasteiger partial charge in [0.25, 0.3) is 0 Å². The number of carbonyl (C=O) groups is 1. The third kappa shape index (κ3) is 4.63. The average Bonchev–Trinajstić information content (AvgIpc) is 2.91. The Kier molecular flexibility index (Phi) is 6.55. The van der Waals surface area contributed by atoms with Crippen LogP contribution in [0, 0.1) is 6.92 Å². The first-order chi connectivity index (χ1) is 18.5. The maximum Gasteiger partial charge on any atom is 0.330 e. The van der Waals surface area contributed by atoms with Crippen molar-refractivity contribution in [2.45, 2.75) is 13.5 Å². The molecule has 4 bridgehead atoms. The Balaban J connectivity index is 1.34. The third-order valence-corrected chi connectivity index (χ3v) is 7.50. The molecule has 38 heavy (non-hydrogen) atoms. The van der Waals surface area contributed by atoms with Crippen molar-refractivity contribution in [3.63, 3.8) is 0 Å². The van der Waals surface area contributed by atoms with Crippen LogP contribution in [0.2, 0.25) is 5.02 Å². The highest BCUT2D eigenvalue weighted by molar-refractivity contribution is 6.34. The smallest absolute Gasteiger partial charge is 0.330 e. The number of rotatable bonds is 2. The number of nitrogens with one attached hydrogen (secondary N) is 1. The summed E-state index contributed by atoms with van der Waals surface area (Å²) in [7, 11) is 2.15. The number of halogens is 1. The predicted molar refractivity (Wildman–Crippen MR) is 151 cm³/mol. The zero-order valence-electron chi connectivity index (χ0n) is 21.5. The summed E-state index contributed by atoms with van der Waals surface area (Å²) in [6, 6.07) is 11.6. The van der Waals surface area contributed by atoms with E-state index in [9.17, 15) is 4.79 Å². The van der Waals surface area contributed by atoms with E-state index in [1.807, 2.05) is 43.3 Å². The van der Waals surface area contributed by atoms with Gasteiger partial charge in [-0.2, -0.15) is 4.98 Å². The minimum absolute atomic E-state index is 0.184. The van der Waals surface area contributed by atoms with Crippen molar-refractivity contribution in [3.8, 4) is 5.75 Å². The van der Waals surface area contributed by atoms with Crippen LogP contribution in [-0.4, -0.2) is 67.3 Å². The number of ether oxygens (including phenoxy) is 1. The summed E-state index contributed by atoms with van der Waals surface area (Å²) in [6.07, 6.45) is 5.67. The molecule has 3 aromatic rings. The number of anilines is 5. The van der Waals surface area contributed by atoms with Crippen molar-refractivity contribution in [1.82, 2.24) is 14.9 Å². The molecular formula is C28H30ClN7O2. The number of nitrogens with zero attached hydrogens (tertiary/aromatic N) is 6. The molecule has 0 atom stereocenters. The van der Waals surface area contributed by atoms with Crippen LogP contribution in [0.15, 0.2) is 54.7 Å². The van der Waals surface area contributed by atoms with Crippen molar-refractivity contribution in [2.75, 3.05) is 66.4 Å². The summed E-state index contributed by atoms with van der Waals surface area (Å²) in [5, 5.41) is 3.84. The first-order valence-corrected chi connectivity index (χ1v) is 13.2. The van der Waals surface area contributed by atoms with Gasteiger partial charge in [0.05, 0.1) is 22.9 Å². The maximum absolute atomic E-state index is 13.8. The van der Waals surface area contributed by atoms with E-state index in [2.05, 4.69) is 33.2 Å². The van der Waals surface area contributed by atoms with Gasteiger partial charge in [0.2, 0.25) is 5.95 Å². The Hall–Kier alpha value is -3.82. The lowest BCUT2D eigenvalue weighted by molar-refractivity contribution is 0.250. The highest BCUT2D eigenvalue weighted by Crippen LogP contribution is 2.37. The van der Waals surface area contributed by atoms with Gasteiger partial charge in [-0.3, -0.25) is 9.80 Å². The van der Waals surface area contributed by atoms with Gasteiger partial charge < -0.3 is 19.9 Å². The molecule has 1 aromatic heterocycles. The van der Waals surface area contributed by atoms with Crippen LogP contribution in [0.3, 0.4) is 0 Å². The monoisotopic (exact) mass is 531 g/mol. The number of para-hydroxylation sites is 1. The van der Waals surface area contributed by atoms with Crippen LogP contribution in [0.1, 0.15) is 11.1 Å². The standard InChI is InChI=1S/C28H30ClN7O2/c1-19-6-5-7-22(29)25(19)36-18-20-17-30-27-31-21-8-9-23(34-13-11-33(2)12-14-34)24(16-21)38-15-4-3-10-35(28(36)37)26(20)32-27/h3-9,16-17H,10-15,18H2,1-2H3,(H,30,31,32)/b4-3-. The molecule has 3 aliphatic rings. The Morgan fingerprint density at radius 2 is 1.89 bits per heavy atom. The summed E-state index contributed by atoms with van der Waals surface area (Å²) in [4.78, 5) is 31.2. The summed E-state index contributed by atoms with van der Waals surface area (Å²) in [5.74, 6) is 1.82. The van der Waals surface area contributed by atoms with Crippen molar-refractivity contribution < 1.29 is 9.53 Å². The van der Waals surface area contributed by atoms with Crippen molar-refractivity contribution >= 4 is 46.5 Å². The number of piperazine rings is 1. The molecule has 0 spiro atoms. The molecule has 2 amide bonds. The van der Waals surface area contributed by atoms with E-state index >= 15 is 0 Å². The fraction of sp³-hybridized carbons (Fsp3) is 0.321. The zero-order valence-corrected chi connectivity index (χ0v) is 22.3. The molecular weight excluding hydrogens is 502 g/mol. The molecule has 10 heteroatoms. The minimum Gasteiger partial charge on any atom is -0.487 e. The number of aryl methyl sites for hydroxylation is 1. The topological polar surface area (TPSA) is 77.1 Å². The maximum atomic E-state index is 13.8. The van der Waals surface area contributed by atoms with Gasteiger partial charge >= 0.3 is 6.03 Å². The third-order valence-electron chi connectivity index (χ3n) is 7.20. The van der Waals surface area contributed by atoms with Gasteiger partial charge in [0, 0.05) is 56.2 Å². The molecule has 6 rings (SSSR count). The Morgan fingerprint density at radius 3 is 2.71 bits per heavy atom. The van der Waals surface area contributed by atoms with Gasteiger partial charge in [0.15, 0.2) is 0 Å². The second-order valence-electron chi connectivity index (χ2n) is 9.81. The number of fused-ring (bicyclic) bond motifs is 3. The Bertz CT molecular complexity index is 1380. The molecule has 0 saturated carbocycles. The Labute approximate surface area is 227 Å². The molecule has 3 aliphatic heterocycles. The number of carbonyl (C=O) groups excluding carboxylic acids is 1. The van der Waals surface area contributed by atoms with E-state index in [0.717, 1.165) is 54.4 Å². The van der Waals surface area contributed by atoms with Crippen molar-refractivity contribution in [1.29, 1.82) is 0 Å². The zero-order chi connectivity index (χ0) is 26.2. The van der Waals surface area contributed by atoms with Gasteiger partial charge in [-0.15, -0.1) is 0 Å². The average molecular weight is 532 g/mol. The van der Waals surface area contributed by atoms with Gasteiger partial charge in [-0.1, -0.05) is 29.8 Å². The van der Waals surface area contributed by atoms with Gasteiger partial charge in [-0.25, -0.2) is 9.78 Å². The molecule has 0 unspecified atom stereocenters. The largest absolute Gasteiger partial charge is 0.487 e. The molecule has 1 fully saturated rings. The van der Waals surface area contributed by atoms with Gasteiger partial charge in [0.1, 0.15) is 18.2 Å². The number of urea groups is 1. The Morgan fingerprint density at radius 1 is 1.05 bits per heavy atom. The lowest BCUT2D eigenvalue weighted by Gasteiger charge is -2.36. The number of hydrogen-bond donors (Lipinski definition) is 1. The number of hydrogen-bond acceptors (Lipinski definition) is 7. The second kappa shape index (κ2) is 10.2. The normalized spacial score (nSPS) is 18.6. The number of benzene rings is 2. The van der Waals surface area contributed by atoms with E-state index in [4.69, 9.17) is 21.3 Å². The lowest BCUT2D eigenvalue weighted by atomic mass is 10.1. The van der Waals surface area contributed by atoms with Crippen molar-refractivity contribution in [2.24, 2.45) is 0 Å². The highest BCUT2D eigenvalue weighted by atomic mass is 35.5. The summed E-state index contributed by atoms with van der Waals surface area (Å²) in [6.45, 7) is 6.93. The van der Waals surface area contributed by atoms with E-state index < -0.39 is 0 Å². The lowest BCUT2D eigenvalue weighted by Crippen LogP contribution is -2.48. The van der Waals surface area contributed by atoms with E-state index in [0.29, 0.717) is 42.2 Å². The quantitative estimate of drug-likeness (QED) is 0.475.